The van der Waals surface area contributed by atoms with Crippen LogP contribution < -0.4 is 0 Å². The Morgan fingerprint density at radius 1 is 1.43 bits per heavy atom. The number of nitrogens with zero attached hydrogens (tertiary/aromatic N) is 3. The Hall–Kier alpha value is -0.880. The fourth-order valence-corrected chi connectivity index (χ4v) is 4.39. The molecule has 1 saturated heterocycles. The first-order valence-corrected chi connectivity index (χ1v) is 9.50. The first-order valence-electron chi connectivity index (χ1n) is 8.24. The highest BCUT2D eigenvalue weighted by Crippen LogP contribution is 2.33. The molecule has 0 radical (unpaired) electrons. The summed E-state index contributed by atoms with van der Waals surface area (Å²) < 4.78 is 1.77. The lowest BCUT2D eigenvalue weighted by atomic mass is 9.90. The number of aromatic nitrogens is 2. The maximum absolute atomic E-state index is 10.5. The summed E-state index contributed by atoms with van der Waals surface area (Å²) >= 11 is 8.04. The van der Waals surface area contributed by atoms with Crippen molar-refractivity contribution in [3.63, 3.8) is 0 Å². The molecule has 0 saturated carbocycles. The molecule has 2 aromatic heterocycles. The van der Waals surface area contributed by atoms with Crippen molar-refractivity contribution >= 4 is 22.9 Å². The van der Waals surface area contributed by atoms with E-state index in [0.717, 1.165) is 60.2 Å². The number of hydrogen-bond acceptors (Lipinski definition) is 4. The van der Waals surface area contributed by atoms with Crippen LogP contribution in [0.4, 0.5) is 0 Å². The first kappa shape index (κ1) is 17.0. The van der Waals surface area contributed by atoms with Gasteiger partial charge >= 0.3 is 0 Å². The van der Waals surface area contributed by atoms with E-state index in [1.807, 2.05) is 24.6 Å². The normalized spacial score (nSPS) is 18.4. The lowest BCUT2D eigenvalue weighted by molar-refractivity contribution is 0.0590. The summed E-state index contributed by atoms with van der Waals surface area (Å²) in [5, 5.41) is 17.8. The van der Waals surface area contributed by atoms with Gasteiger partial charge in [-0.25, -0.2) is 0 Å². The first-order chi connectivity index (χ1) is 11.1. The molecular weight excluding hydrogens is 330 g/mol. The predicted molar refractivity (Wildman–Crippen MR) is 94.9 cm³/mol. The summed E-state index contributed by atoms with van der Waals surface area (Å²) in [6.07, 6.45) is 2.64. The van der Waals surface area contributed by atoms with Crippen molar-refractivity contribution in [3.8, 4) is 0 Å². The van der Waals surface area contributed by atoms with Crippen LogP contribution in [0.3, 0.4) is 0 Å². The zero-order chi connectivity index (χ0) is 16.4. The third-order valence-corrected chi connectivity index (χ3v) is 6.20. The van der Waals surface area contributed by atoms with Gasteiger partial charge in [-0.15, -0.1) is 11.3 Å². The Bertz CT molecular complexity index is 633. The van der Waals surface area contributed by atoms with E-state index >= 15 is 0 Å². The molecule has 0 bridgehead atoms. The maximum atomic E-state index is 10.5. The number of halogens is 1. The molecular formula is C17H24ClN3OS. The maximum Gasteiger partial charge on any atom is 0.131 e. The van der Waals surface area contributed by atoms with E-state index in [-0.39, 0.29) is 6.10 Å². The molecule has 4 nitrogen and oxygen atoms in total. The van der Waals surface area contributed by atoms with Crippen LogP contribution in [0.25, 0.3) is 0 Å². The van der Waals surface area contributed by atoms with Crippen LogP contribution in [-0.4, -0.2) is 32.9 Å². The van der Waals surface area contributed by atoms with Gasteiger partial charge < -0.3 is 5.11 Å². The largest absolute Gasteiger partial charge is 0.387 e. The van der Waals surface area contributed by atoms with Crippen LogP contribution in [0.15, 0.2) is 17.5 Å². The summed E-state index contributed by atoms with van der Waals surface area (Å²) in [6.45, 7) is 4.98. The standard InChI is InChI=1S/C17H24ClN3OS/c1-3-14-13(17(18)20(2)19-14)11-21-8-6-12(7-9-21)16(22)15-5-4-10-23-15/h4-5,10,12,16,22H,3,6-9,11H2,1-2H3/t16-/m0/s1. The van der Waals surface area contributed by atoms with E-state index in [1.54, 1.807) is 16.0 Å². The quantitative estimate of drug-likeness (QED) is 0.892. The van der Waals surface area contributed by atoms with Crippen molar-refractivity contribution < 1.29 is 5.11 Å². The van der Waals surface area contributed by atoms with E-state index in [4.69, 9.17) is 11.6 Å². The molecule has 3 rings (SSSR count). The van der Waals surface area contributed by atoms with Crippen molar-refractivity contribution in [3.05, 3.63) is 38.8 Å². The van der Waals surface area contributed by atoms with Crippen LogP contribution in [0, 0.1) is 5.92 Å². The number of hydrogen-bond donors (Lipinski definition) is 1. The zero-order valence-corrected chi connectivity index (χ0v) is 15.3. The van der Waals surface area contributed by atoms with E-state index in [1.165, 1.54) is 0 Å². The highest BCUT2D eigenvalue weighted by atomic mass is 35.5. The Balaban J connectivity index is 1.59. The van der Waals surface area contributed by atoms with Crippen molar-refractivity contribution in [2.24, 2.45) is 13.0 Å². The smallest absolute Gasteiger partial charge is 0.131 e. The van der Waals surface area contributed by atoms with Gasteiger partial charge in [-0.1, -0.05) is 24.6 Å². The van der Waals surface area contributed by atoms with Crippen molar-refractivity contribution in [2.45, 2.75) is 38.8 Å². The topological polar surface area (TPSA) is 41.3 Å². The zero-order valence-electron chi connectivity index (χ0n) is 13.7. The fourth-order valence-electron chi connectivity index (χ4n) is 3.38. The summed E-state index contributed by atoms with van der Waals surface area (Å²) in [6, 6.07) is 4.04. The second kappa shape index (κ2) is 7.34. The average molecular weight is 354 g/mol. The number of aryl methyl sites for hydroxylation is 2. The number of likely N-dealkylation sites (tertiary alicyclic amines) is 1. The summed E-state index contributed by atoms with van der Waals surface area (Å²) in [4.78, 5) is 3.52. The van der Waals surface area contributed by atoms with Gasteiger partial charge in [0, 0.05) is 24.0 Å². The lowest BCUT2D eigenvalue weighted by Crippen LogP contribution is -2.35. The van der Waals surface area contributed by atoms with Crippen molar-refractivity contribution in [1.29, 1.82) is 0 Å². The Morgan fingerprint density at radius 2 is 2.17 bits per heavy atom. The Labute approximate surface area is 146 Å². The van der Waals surface area contributed by atoms with Gasteiger partial charge in [-0.05, 0) is 49.7 Å². The molecule has 0 amide bonds. The van der Waals surface area contributed by atoms with Gasteiger partial charge in [-0.3, -0.25) is 9.58 Å². The van der Waals surface area contributed by atoms with Gasteiger partial charge in [0.15, 0.2) is 0 Å². The molecule has 0 spiro atoms. The third-order valence-electron chi connectivity index (χ3n) is 4.78. The second-order valence-electron chi connectivity index (χ2n) is 6.27. The molecule has 1 aliphatic rings. The van der Waals surface area contributed by atoms with Crippen LogP contribution >= 0.6 is 22.9 Å². The van der Waals surface area contributed by atoms with Crippen LogP contribution in [0.1, 0.15) is 42.0 Å². The molecule has 23 heavy (non-hydrogen) atoms. The molecule has 1 aliphatic heterocycles. The molecule has 1 atom stereocenters. The molecule has 6 heteroatoms. The molecule has 0 unspecified atom stereocenters. The summed E-state index contributed by atoms with van der Waals surface area (Å²) in [5.41, 5.74) is 2.26. The Morgan fingerprint density at radius 3 is 2.78 bits per heavy atom. The van der Waals surface area contributed by atoms with Gasteiger partial charge in [0.2, 0.25) is 0 Å². The van der Waals surface area contributed by atoms with E-state index < -0.39 is 0 Å². The SMILES string of the molecule is CCc1nn(C)c(Cl)c1CN1CCC([C@H](O)c2cccs2)CC1. The van der Waals surface area contributed by atoms with Crippen LogP contribution in [-0.2, 0) is 20.0 Å². The molecule has 0 aliphatic carbocycles. The number of piperidine rings is 1. The number of thiophene rings is 1. The average Bonchev–Trinajstić information content (AvgIpc) is 3.19. The minimum absolute atomic E-state index is 0.315. The van der Waals surface area contributed by atoms with Gasteiger partial charge in [0.05, 0.1) is 11.8 Å². The van der Waals surface area contributed by atoms with Crippen LogP contribution in [0.2, 0.25) is 5.15 Å². The predicted octanol–water partition coefficient (Wildman–Crippen LogP) is 3.64. The monoisotopic (exact) mass is 353 g/mol. The number of aliphatic hydroxyl groups is 1. The molecule has 126 valence electrons. The highest BCUT2D eigenvalue weighted by Gasteiger charge is 2.27. The summed E-state index contributed by atoms with van der Waals surface area (Å²) in [5.74, 6) is 0.361. The molecule has 2 aromatic rings. The van der Waals surface area contributed by atoms with Gasteiger partial charge in [0.25, 0.3) is 0 Å². The van der Waals surface area contributed by atoms with E-state index in [9.17, 15) is 5.11 Å². The lowest BCUT2D eigenvalue weighted by Gasteiger charge is -2.34. The minimum Gasteiger partial charge on any atom is -0.387 e. The number of rotatable bonds is 5. The second-order valence-corrected chi connectivity index (χ2v) is 7.60. The fraction of sp³-hybridized carbons (Fsp3) is 0.588. The third kappa shape index (κ3) is 3.63. The molecule has 0 aromatic carbocycles. The van der Waals surface area contributed by atoms with Crippen molar-refractivity contribution in [2.75, 3.05) is 13.1 Å². The highest BCUT2D eigenvalue weighted by molar-refractivity contribution is 7.10. The van der Waals surface area contributed by atoms with E-state index in [0.29, 0.717) is 5.92 Å². The van der Waals surface area contributed by atoms with Gasteiger partial charge in [0.1, 0.15) is 5.15 Å². The molecule has 1 fully saturated rings. The minimum atomic E-state index is -0.315. The summed E-state index contributed by atoms with van der Waals surface area (Å²) in [7, 11) is 1.90. The molecule has 1 N–H and O–H groups in total. The van der Waals surface area contributed by atoms with Crippen LogP contribution in [0.5, 0.6) is 0 Å². The Kier molecular flexibility index (Phi) is 5.42. The van der Waals surface area contributed by atoms with Gasteiger partial charge in [-0.2, -0.15) is 5.10 Å². The van der Waals surface area contributed by atoms with E-state index in [2.05, 4.69) is 16.9 Å². The number of aliphatic hydroxyl groups excluding tert-OH is 1. The molecule has 3 heterocycles. The van der Waals surface area contributed by atoms with Crippen molar-refractivity contribution in [1.82, 2.24) is 14.7 Å².